The molecule has 2 aromatic rings. The lowest BCUT2D eigenvalue weighted by molar-refractivity contribution is -0.114. The molecule has 0 unspecified atom stereocenters. The van der Waals surface area contributed by atoms with Gasteiger partial charge >= 0.3 is 0 Å². The van der Waals surface area contributed by atoms with Crippen molar-refractivity contribution in [1.82, 2.24) is 0 Å². The van der Waals surface area contributed by atoms with E-state index < -0.39 is 5.60 Å². The van der Waals surface area contributed by atoms with Crippen LogP contribution in [0.25, 0.3) is 12.2 Å². The van der Waals surface area contributed by atoms with Gasteiger partial charge < -0.3 is 25.3 Å². The van der Waals surface area contributed by atoms with Crippen molar-refractivity contribution in [3.63, 3.8) is 0 Å². The van der Waals surface area contributed by atoms with Gasteiger partial charge in [-0.3, -0.25) is 9.59 Å². The average Bonchev–Trinajstić information content (AvgIpc) is 2.75. The van der Waals surface area contributed by atoms with Crippen LogP contribution in [0, 0.1) is 0 Å². The van der Waals surface area contributed by atoms with Crippen LogP contribution >= 0.6 is 0 Å². The maximum atomic E-state index is 13.0. The lowest BCUT2D eigenvalue weighted by atomic mass is 9.97. The van der Waals surface area contributed by atoms with E-state index in [-0.39, 0.29) is 18.2 Å². The van der Waals surface area contributed by atoms with Crippen LogP contribution in [0.5, 0.6) is 17.2 Å². The van der Waals surface area contributed by atoms with Crippen molar-refractivity contribution in [3.8, 4) is 17.2 Å². The van der Waals surface area contributed by atoms with Gasteiger partial charge in [0.25, 0.3) is 0 Å². The van der Waals surface area contributed by atoms with Crippen molar-refractivity contribution in [1.29, 1.82) is 0 Å². The zero-order valence-corrected chi connectivity index (χ0v) is 18.0. The van der Waals surface area contributed by atoms with E-state index in [1.54, 1.807) is 43.5 Å². The Balaban J connectivity index is 1.91. The fourth-order valence-electron chi connectivity index (χ4n) is 3.19. The number of ketones is 1. The summed E-state index contributed by atoms with van der Waals surface area (Å²) in [6.45, 7) is 3.70. The summed E-state index contributed by atoms with van der Waals surface area (Å²) in [6, 6.07) is 8.65. The first-order valence-corrected chi connectivity index (χ1v) is 9.77. The number of allylic oxidation sites excluding steroid dienone is 1. The van der Waals surface area contributed by atoms with E-state index in [4.69, 9.17) is 19.9 Å². The Morgan fingerprint density at radius 3 is 2.52 bits per heavy atom. The first-order valence-electron chi connectivity index (χ1n) is 9.77. The smallest absolute Gasteiger partial charge is 0.238 e. The Hall–Kier alpha value is -3.58. The summed E-state index contributed by atoms with van der Waals surface area (Å²) in [6.07, 6.45) is 6.97. The molecule has 0 radical (unpaired) electrons. The first-order chi connectivity index (χ1) is 14.8. The first kappa shape index (κ1) is 22.1. The van der Waals surface area contributed by atoms with Gasteiger partial charge in [-0.05, 0) is 61.9 Å². The Bertz CT molecular complexity index is 1070. The number of benzene rings is 2. The summed E-state index contributed by atoms with van der Waals surface area (Å²) in [5.41, 5.74) is 7.20. The molecule has 0 aromatic heterocycles. The fourth-order valence-corrected chi connectivity index (χ4v) is 3.19. The van der Waals surface area contributed by atoms with E-state index >= 15 is 0 Å². The lowest BCUT2D eigenvalue weighted by Gasteiger charge is -2.29. The van der Waals surface area contributed by atoms with E-state index in [1.807, 2.05) is 26.0 Å². The van der Waals surface area contributed by atoms with E-state index in [1.165, 1.54) is 13.2 Å². The topological polar surface area (TPSA) is 99.9 Å². The van der Waals surface area contributed by atoms with Gasteiger partial charge in [-0.1, -0.05) is 12.1 Å². The highest BCUT2D eigenvalue weighted by Crippen LogP contribution is 2.40. The minimum absolute atomic E-state index is 0.144. The summed E-state index contributed by atoms with van der Waals surface area (Å²) < 4.78 is 16.7. The second-order valence-corrected chi connectivity index (χ2v) is 7.51. The molecular formula is C24H26N2O5. The molecule has 0 spiro atoms. The molecule has 0 saturated heterocycles. The van der Waals surface area contributed by atoms with Crippen LogP contribution in [0.4, 0.5) is 5.69 Å². The Kier molecular flexibility index (Phi) is 6.46. The largest absolute Gasteiger partial charge is 0.496 e. The number of rotatable bonds is 7. The van der Waals surface area contributed by atoms with Gasteiger partial charge in [0.2, 0.25) is 5.91 Å². The minimum atomic E-state index is -0.538. The molecule has 1 aliphatic heterocycles. The molecule has 31 heavy (non-hydrogen) atoms. The van der Waals surface area contributed by atoms with Gasteiger partial charge in [0.15, 0.2) is 5.78 Å². The molecule has 0 atom stereocenters. The molecule has 162 valence electrons. The molecular weight excluding hydrogens is 396 g/mol. The van der Waals surface area contributed by atoms with Crippen LogP contribution in [0.1, 0.15) is 35.3 Å². The fraction of sp³-hybridized carbons (Fsp3) is 0.250. The number of anilines is 1. The maximum absolute atomic E-state index is 13.0. The molecule has 7 nitrogen and oxygen atoms in total. The molecule has 0 saturated carbocycles. The van der Waals surface area contributed by atoms with Crippen LogP contribution in [0.3, 0.4) is 0 Å². The molecule has 2 aromatic carbocycles. The number of methoxy groups -OCH3 is 2. The number of ether oxygens (including phenoxy) is 3. The summed E-state index contributed by atoms with van der Waals surface area (Å²) in [7, 11) is 3.09. The molecule has 1 heterocycles. The van der Waals surface area contributed by atoms with Crippen molar-refractivity contribution in [2.75, 3.05) is 26.1 Å². The summed E-state index contributed by atoms with van der Waals surface area (Å²) in [5, 5.41) is 2.68. The number of hydrogen-bond acceptors (Lipinski definition) is 6. The third-order valence-electron chi connectivity index (χ3n) is 4.77. The Morgan fingerprint density at radius 1 is 1.13 bits per heavy atom. The van der Waals surface area contributed by atoms with Crippen molar-refractivity contribution in [2.24, 2.45) is 5.73 Å². The summed E-state index contributed by atoms with van der Waals surface area (Å²) in [5.74, 6) is 1.07. The van der Waals surface area contributed by atoms with Crippen molar-refractivity contribution in [2.45, 2.75) is 19.4 Å². The molecule has 1 aliphatic rings. The van der Waals surface area contributed by atoms with Gasteiger partial charge in [0, 0.05) is 0 Å². The van der Waals surface area contributed by atoms with Gasteiger partial charge in [-0.25, -0.2) is 0 Å². The number of fused-ring (bicyclic) bond motifs is 1. The third kappa shape index (κ3) is 4.95. The Labute approximate surface area is 181 Å². The quantitative estimate of drug-likeness (QED) is 0.522. The van der Waals surface area contributed by atoms with E-state index in [0.29, 0.717) is 34.1 Å². The predicted molar refractivity (Wildman–Crippen MR) is 121 cm³/mol. The van der Waals surface area contributed by atoms with Gasteiger partial charge in [-0.2, -0.15) is 0 Å². The molecule has 0 aliphatic carbocycles. The minimum Gasteiger partial charge on any atom is -0.496 e. The van der Waals surface area contributed by atoms with Crippen LogP contribution in [0.15, 0.2) is 42.5 Å². The second kappa shape index (κ2) is 9.06. The third-order valence-corrected chi connectivity index (χ3v) is 4.77. The zero-order chi connectivity index (χ0) is 22.6. The van der Waals surface area contributed by atoms with E-state index in [2.05, 4.69) is 5.32 Å². The van der Waals surface area contributed by atoms with Crippen molar-refractivity contribution < 1.29 is 23.8 Å². The summed E-state index contributed by atoms with van der Waals surface area (Å²) in [4.78, 5) is 24.6. The number of amides is 1. The highest BCUT2D eigenvalue weighted by molar-refractivity contribution is 6.09. The lowest BCUT2D eigenvalue weighted by Crippen LogP contribution is -2.28. The molecule has 1 amide bonds. The van der Waals surface area contributed by atoms with Crippen LogP contribution in [-0.2, 0) is 4.79 Å². The summed E-state index contributed by atoms with van der Waals surface area (Å²) >= 11 is 0. The monoisotopic (exact) mass is 422 g/mol. The van der Waals surface area contributed by atoms with Crippen LogP contribution < -0.4 is 25.3 Å². The normalized spacial score (nSPS) is 14.0. The van der Waals surface area contributed by atoms with Crippen molar-refractivity contribution in [3.05, 3.63) is 59.2 Å². The van der Waals surface area contributed by atoms with E-state index in [9.17, 15) is 9.59 Å². The number of carbonyl (C=O) groups excluding carboxylic acids is 2. The van der Waals surface area contributed by atoms with Crippen LogP contribution in [-0.4, -0.2) is 38.1 Å². The number of nitrogens with one attached hydrogen (secondary N) is 1. The average molecular weight is 422 g/mol. The standard InChI is InChI=1S/C24H26N2O5/c1-24(2)12-11-17-20(29-3)10-7-16(23(17)31-24)19(27)8-5-15-6-9-21(30-4)18(13-15)26-22(28)14-25/h5-13H,14,25H2,1-4H3,(H,26,28)/b8-5+. The zero-order valence-electron chi connectivity index (χ0n) is 18.0. The molecule has 3 N–H and O–H groups in total. The highest BCUT2D eigenvalue weighted by Gasteiger charge is 2.27. The van der Waals surface area contributed by atoms with Crippen LogP contribution in [0.2, 0.25) is 0 Å². The SMILES string of the molecule is COc1ccc(/C=C/C(=O)c2ccc(OC)c3c2OC(C)(C)C=C3)cc1NC(=O)CN. The Morgan fingerprint density at radius 2 is 1.84 bits per heavy atom. The van der Waals surface area contributed by atoms with Gasteiger partial charge in [-0.15, -0.1) is 0 Å². The molecule has 3 rings (SSSR count). The van der Waals surface area contributed by atoms with Gasteiger partial charge in [0.1, 0.15) is 22.8 Å². The number of nitrogens with two attached hydrogens (primary N) is 1. The predicted octanol–water partition coefficient (Wildman–Crippen LogP) is 3.68. The highest BCUT2D eigenvalue weighted by atomic mass is 16.5. The maximum Gasteiger partial charge on any atom is 0.238 e. The van der Waals surface area contributed by atoms with E-state index in [0.717, 1.165) is 5.56 Å². The van der Waals surface area contributed by atoms with Crippen molar-refractivity contribution >= 4 is 29.5 Å². The molecule has 0 fully saturated rings. The molecule has 7 heteroatoms. The number of carbonyl (C=O) groups is 2. The second-order valence-electron chi connectivity index (χ2n) is 7.51. The van der Waals surface area contributed by atoms with Gasteiger partial charge in [0.05, 0.1) is 37.6 Å². The number of hydrogen-bond donors (Lipinski definition) is 2. The molecule has 0 bridgehead atoms.